The molecule has 0 unspecified atom stereocenters. The average molecular weight is 310 g/mol. The maximum absolute atomic E-state index is 12.2. The molecule has 0 saturated carbocycles. The maximum atomic E-state index is 12.2. The molecule has 0 spiro atoms. The molecule has 1 aromatic carbocycles. The Kier molecular flexibility index (Phi) is 4.52. The number of rotatable bonds is 5. The lowest BCUT2D eigenvalue weighted by molar-refractivity contribution is -0.127. The summed E-state index contributed by atoms with van der Waals surface area (Å²) in [5.74, 6) is -0.0114. The summed E-state index contributed by atoms with van der Waals surface area (Å²) in [7, 11) is -3.47. The Morgan fingerprint density at radius 2 is 2.24 bits per heavy atom. The number of fused-ring (bicyclic) bond motifs is 1. The molecule has 2 rings (SSSR count). The number of ether oxygens (including phenoxy) is 1. The van der Waals surface area contributed by atoms with Crippen LogP contribution in [0.1, 0.15) is 6.92 Å². The van der Waals surface area contributed by atoms with Gasteiger partial charge in [0.1, 0.15) is 5.75 Å². The second-order valence-electron chi connectivity index (χ2n) is 4.54. The van der Waals surface area contributed by atoms with Crippen molar-refractivity contribution in [2.45, 2.75) is 13.0 Å². The predicted octanol–water partition coefficient (Wildman–Crippen LogP) is 0.906. The van der Waals surface area contributed by atoms with Crippen LogP contribution in [-0.4, -0.2) is 39.3 Å². The van der Waals surface area contributed by atoms with Crippen molar-refractivity contribution in [3.05, 3.63) is 36.9 Å². The van der Waals surface area contributed by atoms with Crippen molar-refractivity contribution in [2.24, 2.45) is 0 Å². The van der Waals surface area contributed by atoms with Gasteiger partial charge in [-0.1, -0.05) is 18.2 Å². The van der Waals surface area contributed by atoms with Gasteiger partial charge in [0.2, 0.25) is 10.0 Å². The van der Waals surface area contributed by atoms with Crippen LogP contribution in [0.2, 0.25) is 0 Å². The Hall–Kier alpha value is -2.02. The standard InChI is InChI=1S/C14H18N2O4S/c1-3-9-15-14(17)13-10-16(21(18,19)4-2)11-7-5-6-8-12(11)20-13/h3,5-8,13H,1,4,9-10H2,2H3,(H,15,17)/t13-/m1/s1. The van der Waals surface area contributed by atoms with Crippen LogP contribution in [-0.2, 0) is 14.8 Å². The van der Waals surface area contributed by atoms with Crippen LogP contribution in [0.5, 0.6) is 5.75 Å². The molecule has 0 fully saturated rings. The Balaban J connectivity index is 2.33. The number of carbonyl (C=O) groups is 1. The van der Waals surface area contributed by atoms with E-state index in [0.29, 0.717) is 18.0 Å². The second-order valence-corrected chi connectivity index (χ2v) is 6.72. The van der Waals surface area contributed by atoms with Gasteiger partial charge in [-0.3, -0.25) is 9.10 Å². The summed E-state index contributed by atoms with van der Waals surface area (Å²) >= 11 is 0. The molecule has 1 aliphatic rings. The smallest absolute Gasteiger partial charge is 0.263 e. The molecular weight excluding hydrogens is 292 g/mol. The van der Waals surface area contributed by atoms with Gasteiger partial charge in [-0.15, -0.1) is 6.58 Å². The molecule has 0 aromatic heterocycles. The van der Waals surface area contributed by atoms with Crippen LogP contribution >= 0.6 is 0 Å². The summed E-state index contributed by atoms with van der Waals surface area (Å²) in [5.41, 5.74) is 0.465. The van der Waals surface area contributed by atoms with Crippen molar-refractivity contribution in [1.82, 2.24) is 5.32 Å². The summed E-state index contributed by atoms with van der Waals surface area (Å²) < 4.78 is 31.3. The second kappa shape index (κ2) is 6.17. The molecule has 1 atom stereocenters. The molecule has 114 valence electrons. The van der Waals surface area contributed by atoms with Crippen molar-refractivity contribution < 1.29 is 17.9 Å². The number of hydrogen-bond donors (Lipinski definition) is 1. The van der Waals surface area contributed by atoms with E-state index >= 15 is 0 Å². The Labute approximate surface area is 124 Å². The highest BCUT2D eigenvalue weighted by Gasteiger charge is 2.35. The van der Waals surface area contributed by atoms with E-state index in [1.54, 1.807) is 37.3 Å². The van der Waals surface area contributed by atoms with Gasteiger partial charge in [-0.05, 0) is 19.1 Å². The fraction of sp³-hybridized carbons (Fsp3) is 0.357. The number of carbonyl (C=O) groups excluding carboxylic acids is 1. The van der Waals surface area contributed by atoms with Crippen LogP contribution in [0, 0.1) is 0 Å². The molecule has 6 nitrogen and oxygen atoms in total. The minimum absolute atomic E-state index is 0.0316. The lowest BCUT2D eigenvalue weighted by atomic mass is 10.2. The maximum Gasteiger partial charge on any atom is 0.263 e. The van der Waals surface area contributed by atoms with Gasteiger partial charge in [0.25, 0.3) is 5.91 Å². The third kappa shape index (κ3) is 3.18. The minimum Gasteiger partial charge on any atom is -0.476 e. The van der Waals surface area contributed by atoms with E-state index in [4.69, 9.17) is 4.74 Å². The minimum atomic E-state index is -3.47. The van der Waals surface area contributed by atoms with E-state index in [2.05, 4.69) is 11.9 Å². The molecule has 21 heavy (non-hydrogen) atoms. The molecule has 1 aromatic rings. The van der Waals surface area contributed by atoms with Gasteiger partial charge in [0.05, 0.1) is 18.0 Å². The van der Waals surface area contributed by atoms with Crippen molar-refractivity contribution in [3.63, 3.8) is 0 Å². The molecule has 0 bridgehead atoms. The highest BCUT2D eigenvalue weighted by atomic mass is 32.2. The van der Waals surface area contributed by atoms with Crippen molar-refractivity contribution in [3.8, 4) is 5.75 Å². The first kappa shape index (κ1) is 15.4. The number of nitrogens with zero attached hydrogens (tertiary/aromatic N) is 1. The number of sulfonamides is 1. The number of amides is 1. The van der Waals surface area contributed by atoms with Gasteiger partial charge in [0, 0.05) is 6.54 Å². The van der Waals surface area contributed by atoms with Crippen molar-refractivity contribution in [2.75, 3.05) is 23.1 Å². The van der Waals surface area contributed by atoms with Gasteiger partial charge < -0.3 is 10.1 Å². The van der Waals surface area contributed by atoms with Crippen LogP contribution < -0.4 is 14.4 Å². The van der Waals surface area contributed by atoms with Gasteiger partial charge >= 0.3 is 0 Å². The summed E-state index contributed by atoms with van der Waals surface area (Å²) in [6.45, 7) is 5.36. The van der Waals surface area contributed by atoms with E-state index in [0.717, 1.165) is 0 Å². The first-order valence-corrected chi connectivity index (χ1v) is 8.25. The molecule has 0 saturated heterocycles. The van der Waals surface area contributed by atoms with Crippen molar-refractivity contribution in [1.29, 1.82) is 0 Å². The highest BCUT2D eigenvalue weighted by Crippen LogP contribution is 2.34. The summed E-state index contributed by atoms with van der Waals surface area (Å²) in [6, 6.07) is 6.79. The van der Waals surface area contributed by atoms with Crippen LogP contribution in [0.15, 0.2) is 36.9 Å². The summed E-state index contributed by atoms with van der Waals surface area (Å²) in [5, 5.41) is 2.62. The predicted molar refractivity (Wildman–Crippen MR) is 80.9 cm³/mol. The zero-order chi connectivity index (χ0) is 15.5. The van der Waals surface area contributed by atoms with Crippen LogP contribution in [0.4, 0.5) is 5.69 Å². The summed E-state index contributed by atoms with van der Waals surface area (Å²) in [6.07, 6.45) is 0.677. The molecule has 1 aliphatic heterocycles. The zero-order valence-corrected chi connectivity index (χ0v) is 12.6. The number of benzene rings is 1. The normalized spacial score (nSPS) is 17.6. The molecule has 1 heterocycles. The first-order valence-electron chi connectivity index (χ1n) is 6.64. The Morgan fingerprint density at radius 3 is 2.90 bits per heavy atom. The fourth-order valence-corrected chi connectivity index (χ4v) is 3.17. The molecule has 0 aliphatic carbocycles. The Morgan fingerprint density at radius 1 is 1.52 bits per heavy atom. The van der Waals surface area contributed by atoms with Crippen LogP contribution in [0.25, 0.3) is 0 Å². The highest BCUT2D eigenvalue weighted by molar-refractivity contribution is 7.92. The topological polar surface area (TPSA) is 75.7 Å². The number of anilines is 1. The van der Waals surface area contributed by atoms with E-state index in [1.165, 1.54) is 4.31 Å². The number of para-hydroxylation sites is 2. The quantitative estimate of drug-likeness (QED) is 0.820. The number of hydrogen-bond acceptors (Lipinski definition) is 4. The van der Waals surface area contributed by atoms with Crippen molar-refractivity contribution >= 4 is 21.6 Å². The lowest BCUT2D eigenvalue weighted by Crippen LogP contribution is -2.51. The number of nitrogens with one attached hydrogen (secondary N) is 1. The van der Waals surface area contributed by atoms with Gasteiger partial charge in [-0.2, -0.15) is 0 Å². The molecule has 1 amide bonds. The fourth-order valence-electron chi connectivity index (χ4n) is 2.04. The van der Waals surface area contributed by atoms with Gasteiger partial charge in [0.15, 0.2) is 6.10 Å². The van der Waals surface area contributed by atoms with E-state index < -0.39 is 16.1 Å². The van der Waals surface area contributed by atoms with Crippen LogP contribution in [0.3, 0.4) is 0 Å². The van der Waals surface area contributed by atoms with E-state index in [1.807, 2.05) is 0 Å². The monoisotopic (exact) mass is 310 g/mol. The largest absolute Gasteiger partial charge is 0.476 e. The molecule has 0 radical (unpaired) electrons. The zero-order valence-electron chi connectivity index (χ0n) is 11.8. The third-order valence-corrected chi connectivity index (χ3v) is 4.90. The van der Waals surface area contributed by atoms with E-state index in [9.17, 15) is 13.2 Å². The lowest BCUT2D eigenvalue weighted by Gasteiger charge is -2.34. The van der Waals surface area contributed by atoms with Gasteiger partial charge in [-0.25, -0.2) is 8.42 Å². The average Bonchev–Trinajstić information content (AvgIpc) is 2.51. The molecule has 1 N–H and O–H groups in total. The SMILES string of the molecule is C=CCNC(=O)[C@H]1CN(S(=O)(=O)CC)c2ccccc2O1. The summed E-state index contributed by atoms with van der Waals surface area (Å²) in [4.78, 5) is 12.0. The van der Waals surface area contributed by atoms with E-state index in [-0.39, 0.29) is 18.2 Å². The Bertz CT molecular complexity index is 642. The first-order chi connectivity index (χ1) is 9.99. The molecular formula is C14H18N2O4S. The molecule has 7 heteroatoms. The third-order valence-electron chi connectivity index (χ3n) is 3.15.